The van der Waals surface area contributed by atoms with Crippen LogP contribution in [-0.2, 0) is 0 Å². The molecule has 54 heavy (non-hydrogen) atoms. The van der Waals surface area contributed by atoms with E-state index in [-0.39, 0.29) is 22.6 Å². The number of hydrazone groups is 1. The number of carbonyl (C=O) groups is 2. The third kappa shape index (κ3) is 10.00. The van der Waals surface area contributed by atoms with Gasteiger partial charge in [0.1, 0.15) is 21.8 Å². The second kappa shape index (κ2) is 18.6. The number of fused-ring (bicyclic) bond motifs is 2. The maximum Gasteiger partial charge on any atom is 0.343 e. The zero-order valence-corrected chi connectivity index (χ0v) is 31.9. The Balaban J connectivity index is 1.10. The van der Waals surface area contributed by atoms with Gasteiger partial charge in [-0.2, -0.15) is 17.7 Å². The highest BCUT2D eigenvalue weighted by Crippen LogP contribution is 2.29. The standard InChI is InChI=1S/C42H41FN4O5S2/c1-3-4-20-47(42-46-36-10-9-19-44-39(36)54-42)45-27-33-23-28(2)11-17-37(33)51-41(49)32-15-18-38(35(43)26-32)52-40(48)31-13-12-30-25-34(16-14-29(30)24-31)50-21-7-5-6-8-22-53/h9-19,23-27,53H,3-8,20-22H2,1-2H3/b45-27+. The summed E-state index contributed by atoms with van der Waals surface area (Å²) in [5, 5.41) is 8.95. The highest BCUT2D eigenvalue weighted by Gasteiger charge is 2.18. The number of carbonyl (C=O) groups excluding carboxylic acids is 2. The summed E-state index contributed by atoms with van der Waals surface area (Å²) in [7, 11) is 0. The van der Waals surface area contributed by atoms with Gasteiger partial charge in [0.2, 0.25) is 5.13 Å². The molecular formula is C42H41FN4O5S2. The van der Waals surface area contributed by atoms with Crippen molar-refractivity contribution in [3.05, 3.63) is 119 Å². The Hall–Kier alpha value is -5.33. The number of rotatable bonds is 17. The molecule has 0 unspecified atom stereocenters. The van der Waals surface area contributed by atoms with Crippen LogP contribution in [0.25, 0.3) is 21.1 Å². The highest BCUT2D eigenvalue weighted by atomic mass is 32.1. The number of hydrogen-bond acceptors (Lipinski definition) is 11. The van der Waals surface area contributed by atoms with Crippen LogP contribution in [0.5, 0.6) is 17.2 Å². The van der Waals surface area contributed by atoms with Crippen molar-refractivity contribution in [1.82, 2.24) is 9.97 Å². The minimum atomic E-state index is -0.881. The summed E-state index contributed by atoms with van der Waals surface area (Å²) in [4.78, 5) is 36.2. The molecule has 0 atom stereocenters. The Kier molecular flexibility index (Phi) is 13.2. The largest absolute Gasteiger partial charge is 0.494 e. The fraction of sp³-hybridized carbons (Fsp3) is 0.262. The van der Waals surface area contributed by atoms with E-state index in [0.717, 1.165) is 82.8 Å². The molecule has 0 bridgehead atoms. The Bertz CT molecular complexity index is 2240. The monoisotopic (exact) mass is 764 g/mol. The van der Waals surface area contributed by atoms with Gasteiger partial charge in [-0.05, 0) is 109 Å². The molecule has 6 aromatic rings. The lowest BCUT2D eigenvalue weighted by Crippen LogP contribution is -2.18. The van der Waals surface area contributed by atoms with E-state index in [1.807, 2.05) is 54.4 Å². The third-order valence-corrected chi connectivity index (χ3v) is 9.85. The van der Waals surface area contributed by atoms with Gasteiger partial charge in [-0.1, -0.05) is 61.3 Å². The number of pyridine rings is 1. The molecule has 0 spiro atoms. The molecule has 4 aromatic carbocycles. The van der Waals surface area contributed by atoms with E-state index in [0.29, 0.717) is 23.8 Å². The first-order valence-electron chi connectivity index (χ1n) is 18.0. The number of hydrogen-bond donors (Lipinski definition) is 1. The van der Waals surface area contributed by atoms with Gasteiger partial charge in [0.15, 0.2) is 11.6 Å². The Morgan fingerprint density at radius 1 is 0.870 bits per heavy atom. The summed E-state index contributed by atoms with van der Waals surface area (Å²) >= 11 is 5.69. The first-order chi connectivity index (χ1) is 26.3. The van der Waals surface area contributed by atoms with Crippen LogP contribution in [0.1, 0.15) is 77.3 Å². The molecule has 12 heteroatoms. The lowest BCUT2D eigenvalue weighted by Gasteiger charge is -2.15. The smallest absolute Gasteiger partial charge is 0.343 e. The molecule has 6 rings (SSSR count). The first kappa shape index (κ1) is 38.4. The number of aryl methyl sites for hydroxylation is 1. The van der Waals surface area contributed by atoms with Gasteiger partial charge in [0.25, 0.3) is 0 Å². The van der Waals surface area contributed by atoms with Crippen molar-refractivity contribution in [2.24, 2.45) is 5.10 Å². The van der Waals surface area contributed by atoms with Crippen LogP contribution in [0.2, 0.25) is 0 Å². The van der Waals surface area contributed by atoms with E-state index >= 15 is 4.39 Å². The van der Waals surface area contributed by atoms with E-state index in [1.54, 1.807) is 36.7 Å². The van der Waals surface area contributed by atoms with Gasteiger partial charge >= 0.3 is 11.9 Å². The van der Waals surface area contributed by atoms with Gasteiger partial charge in [-0.25, -0.2) is 29.0 Å². The van der Waals surface area contributed by atoms with Crippen LogP contribution in [0.3, 0.4) is 0 Å². The number of halogens is 1. The molecule has 0 aliphatic rings. The summed E-state index contributed by atoms with van der Waals surface area (Å²) < 4.78 is 32.3. The number of thiol groups is 1. The normalized spacial score (nSPS) is 11.3. The van der Waals surface area contributed by atoms with Crippen molar-refractivity contribution in [2.75, 3.05) is 23.9 Å². The molecule has 0 amide bonds. The average molecular weight is 765 g/mol. The number of anilines is 1. The molecule has 2 heterocycles. The van der Waals surface area contributed by atoms with Gasteiger partial charge in [-0.3, -0.25) is 0 Å². The van der Waals surface area contributed by atoms with Crippen LogP contribution in [0.4, 0.5) is 9.52 Å². The SMILES string of the molecule is CCCCN(/N=C/c1cc(C)ccc1OC(=O)c1ccc(OC(=O)c2ccc3cc(OCCCCCCS)ccc3c2)c(F)c1)c1nc2cccnc2s1. The summed E-state index contributed by atoms with van der Waals surface area (Å²) in [5.41, 5.74) is 2.49. The quantitative estimate of drug-likeness (QED) is 0.0245. The molecule has 0 fully saturated rings. The minimum Gasteiger partial charge on any atom is -0.494 e. The van der Waals surface area contributed by atoms with Crippen LogP contribution < -0.4 is 19.2 Å². The molecule has 9 nitrogen and oxygen atoms in total. The number of unbranched alkanes of at least 4 members (excludes halogenated alkanes) is 4. The number of benzene rings is 4. The third-order valence-electron chi connectivity index (χ3n) is 8.54. The van der Waals surface area contributed by atoms with Crippen molar-refractivity contribution in [1.29, 1.82) is 0 Å². The molecule has 0 saturated carbocycles. The molecule has 0 radical (unpaired) electrons. The summed E-state index contributed by atoms with van der Waals surface area (Å²) in [6.07, 6.45) is 9.54. The van der Waals surface area contributed by atoms with Gasteiger partial charge < -0.3 is 14.2 Å². The molecule has 2 aromatic heterocycles. The van der Waals surface area contributed by atoms with Crippen molar-refractivity contribution >= 4 is 68.4 Å². The predicted molar refractivity (Wildman–Crippen MR) is 217 cm³/mol. The van der Waals surface area contributed by atoms with Gasteiger partial charge in [0.05, 0.1) is 23.9 Å². The predicted octanol–water partition coefficient (Wildman–Crippen LogP) is 10.2. The zero-order chi connectivity index (χ0) is 37.9. The van der Waals surface area contributed by atoms with Crippen LogP contribution in [0, 0.1) is 12.7 Å². The van der Waals surface area contributed by atoms with E-state index in [2.05, 4.69) is 24.5 Å². The van der Waals surface area contributed by atoms with Crippen molar-refractivity contribution in [2.45, 2.75) is 52.4 Å². The second-order valence-electron chi connectivity index (χ2n) is 12.7. The van der Waals surface area contributed by atoms with Crippen LogP contribution in [0.15, 0.2) is 96.2 Å². The lowest BCUT2D eigenvalue weighted by atomic mass is 10.1. The molecular weight excluding hydrogens is 724 g/mol. The number of ether oxygens (including phenoxy) is 3. The topological polar surface area (TPSA) is 103 Å². The van der Waals surface area contributed by atoms with Gasteiger partial charge in [0, 0.05) is 18.3 Å². The van der Waals surface area contributed by atoms with Crippen molar-refractivity contribution < 1.29 is 28.2 Å². The second-order valence-corrected chi connectivity index (χ2v) is 14.1. The fourth-order valence-electron chi connectivity index (χ4n) is 5.60. The van der Waals surface area contributed by atoms with Gasteiger partial charge in [-0.15, -0.1) is 0 Å². The maximum absolute atomic E-state index is 15.3. The Morgan fingerprint density at radius 2 is 1.61 bits per heavy atom. The highest BCUT2D eigenvalue weighted by molar-refractivity contribution is 7.80. The number of aromatic nitrogens is 2. The average Bonchev–Trinajstić information content (AvgIpc) is 3.62. The number of nitrogens with zero attached hydrogens (tertiary/aromatic N) is 4. The van der Waals surface area contributed by atoms with E-state index in [9.17, 15) is 9.59 Å². The maximum atomic E-state index is 15.3. The number of thiazole rings is 1. The molecule has 278 valence electrons. The summed E-state index contributed by atoms with van der Waals surface area (Å²) in [6.45, 7) is 5.30. The summed E-state index contributed by atoms with van der Waals surface area (Å²) in [6, 6.07) is 23.4. The molecule has 0 saturated heterocycles. The van der Waals surface area contributed by atoms with Crippen LogP contribution in [-0.4, -0.2) is 47.0 Å². The zero-order valence-electron chi connectivity index (χ0n) is 30.2. The lowest BCUT2D eigenvalue weighted by molar-refractivity contribution is 0.0727. The molecule has 0 aliphatic carbocycles. The Morgan fingerprint density at radius 3 is 2.41 bits per heavy atom. The molecule has 0 aliphatic heterocycles. The summed E-state index contributed by atoms with van der Waals surface area (Å²) in [5.74, 6) is -0.794. The fourth-order valence-corrected chi connectivity index (χ4v) is 6.72. The minimum absolute atomic E-state index is 0.0521. The van der Waals surface area contributed by atoms with E-state index in [4.69, 9.17) is 24.3 Å². The Labute approximate surface area is 323 Å². The first-order valence-corrected chi connectivity index (χ1v) is 19.4. The van der Waals surface area contributed by atoms with E-state index in [1.165, 1.54) is 23.5 Å². The van der Waals surface area contributed by atoms with E-state index < -0.39 is 17.8 Å². The van der Waals surface area contributed by atoms with Crippen LogP contribution >= 0.6 is 24.0 Å². The van der Waals surface area contributed by atoms with Crippen molar-refractivity contribution in [3.63, 3.8) is 0 Å². The number of esters is 2. The molecule has 0 N–H and O–H groups in total. The van der Waals surface area contributed by atoms with Crippen molar-refractivity contribution in [3.8, 4) is 17.2 Å².